The molecule has 0 aliphatic carbocycles. The SMILES string of the molecule is Cc1cc([N+](=O)[O-])cc(C#N)c1NNc1c(Br)cc([N+](=O)[O-])cc1C#N. The van der Waals surface area contributed by atoms with Crippen molar-refractivity contribution in [2.45, 2.75) is 6.92 Å². The summed E-state index contributed by atoms with van der Waals surface area (Å²) in [6, 6.07) is 8.44. The van der Waals surface area contributed by atoms with E-state index in [1.165, 1.54) is 12.1 Å². The van der Waals surface area contributed by atoms with Crippen LogP contribution < -0.4 is 10.9 Å². The summed E-state index contributed by atoms with van der Waals surface area (Å²) < 4.78 is 0.258. The highest BCUT2D eigenvalue weighted by Gasteiger charge is 2.17. The highest BCUT2D eigenvalue weighted by atomic mass is 79.9. The largest absolute Gasteiger partial charge is 0.299 e. The molecule has 0 spiro atoms. The Hall–Kier alpha value is -3.70. The third-order valence-corrected chi connectivity index (χ3v) is 4.00. The minimum Gasteiger partial charge on any atom is -0.299 e. The molecule has 0 atom stereocenters. The Morgan fingerprint density at radius 2 is 1.38 bits per heavy atom. The van der Waals surface area contributed by atoms with Crippen molar-refractivity contribution in [3.05, 3.63) is 65.7 Å². The molecular formula is C15H9BrN6O4. The molecule has 0 fully saturated rings. The summed E-state index contributed by atoms with van der Waals surface area (Å²) >= 11 is 3.15. The molecule has 130 valence electrons. The first kappa shape index (κ1) is 18.6. The Morgan fingerprint density at radius 3 is 1.88 bits per heavy atom. The number of benzene rings is 2. The van der Waals surface area contributed by atoms with Gasteiger partial charge in [0.1, 0.15) is 12.1 Å². The smallest absolute Gasteiger partial charge is 0.272 e. The van der Waals surface area contributed by atoms with E-state index in [0.29, 0.717) is 5.56 Å². The van der Waals surface area contributed by atoms with Crippen molar-refractivity contribution in [1.29, 1.82) is 10.5 Å². The number of hydrogen-bond acceptors (Lipinski definition) is 8. The van der Waals surface area contributed by atoms with Crippen molar-refractivity contribution in [2.75, 3.05) is 10.9 Å². The molecule has 0 aromatic heterocycles. The van der Waals surface area contributed by atoms with Gasteiger partial charge in [-0.3, -0.25) is 31.1 Å². The van der Waals surface area contributed by atoms with Gasteiger partial charge in [0, 0.05) is 24.3 Å². The Morgan fingerprint density at radius 1 is 0.923 bits per heavy atom. The van der Waals surface area contributed by atoms with E-state index in [1.54, 1.807) is 6.92 Å². The molecular weight excluding hydrogens is 408 g/mol. The maximum atomic E-state index is 10.9. The van der Waals surface area contributed by atoms with Crippen LogP contribution in [0.3, 0.4) is 0 Å². The van der Waals surface area contributed by atoms with Gasteiger partial charge in [-0.15, -0.1) is 0 Å². The van der Waals surface area contributed by atoms with Crippen LogP contribution in [-0.2, 0) is 0 Å². The highest BCUT2D eigenvalue weighted by molar-refractivity contribution is 9.10. The summed E-state index contributed by atoms with van der Waals surface area (Å²) in [5.41, 5.74) is 5.93. The molecule has 0 saturated heterocycles. The number of hydrogen-bond donors (Lipinski definition) is 2. The van der Waals surface area contributed by atoms with Gasteiger partial charge in [-0.25, -0.2) is 0 Å². The highest BCUT2D eigenvalue weighted by Crippen LogP contribution is 2.32. The van der Waals surface area contributed by atoms with E-state index >= 15 is 0 Å². The molecule has 2 N–H and O–H groups in total. The van der Waals surface area contributed by atoms with Crippen LogP contribution in [0.4, 0.5) is 22.7 Å². The van der Waals surface area contributed by atoms with Crippen LogP contribution in [-0.4, -0.2) is 9.85 Å². The van der Waals surface area contributed by atoms with Gasteiger partial charge in [-0.1, -0.05) is 0 Å². The van der Waals surface area contributed by atoms with Gasteiger partial charge >= 0.3 is 0 Å². The van der Waals surface area contributed by atoms with Gasteiger partial charge in [0.25, 0.3) is 11.4 Å². The number of aryl methyl sites for hydroxylation is 1. The molecule has 0 amide bonds. The zero-order valence-corrected chi connectivity index (χ0v) is 14.7. The number of non-ortho nitro benzene ring substituents is 2. The number of nitro benzene ring substituents is 2. The lowest BCUT2D eigenvalue weighted by molar-refractivity contribution is -0.385. The van der Waals surface area contributed by atoms with Gasteiger partial charge in [-0.2, -0.15) is 10.5 Å². The molecule has 0 bridgehead atoms. The van der Waals surface area contributed by atoms with Gasteiger partial charge in [-0.05, 0) is 28.4 Å². The van der Waals surface area contributed by atoms with E-state index in [1.807, 2.05) is 12.1 Å². The number of rotatable bonds is 5. The van der Waals surface area contributed by atoms with E-state index in [0.717, 1.165) is 12.1 Å². The van der Waals surface area contributed by atoms with E-state index in [9.17, 15) is 30.8 Å². The predicted molar refractivity (Wildman–Crippen MR) is 95.3 cm³/mol. The minimum atomic E-state index is -0.628. The van der Waals surface area contributed by atoms with E-state index in [2.05, 4.69) is 26.8 Å². The second-order valence-electron chi connectivity index (χ2n) is 5.02. The quantitative estimate of drug-likeness (QED) is 0.550. The second kappa shape index (κ2) is 7.46. The number of nitro groups is 2. The van der Waals surface area contributed by atoms with E-state index < -0.39 is 9.85 Å². The van der Waals surface area contributed by atoms with Crippen LogP contribution in [0, 0.1) is 49.8 Å². The lowest BCUT2D eigenvalue weighted by atomic mass is 10.1. The number of nitriles is 2. The van der Waals surface area contributed by atoms with Crippen molar-refractivity contribution in [1.82, 2.24) is 0 Å². The van der Waals surface area contributed by atoms with Crippen molar-refractivity contribution in [3.8, 4) is 12.1 Å². The zero-order chi connectivity index (χ0) is 19.4. The van der Waals surface area contributed by atoms with Crippen LogP contribution in [0.2, 0.25) is 0 Å². The van der Waals surface area contributed by atoms with E-state index in [4.69, 9.17) is 0 Å². The monoisotopic (exact) mass is 416 g/mol. The van der Waals surface area contributed by atoms with E-state index in [-0.39, 0.29) is 38.3 Å². The number of hydrazine groups is 1. The fraction of sp³-hybridized carbons (Fsp3) is 0.0667. The van der Waals surface area contributed by atoms with Crippen molar-refractivity contribution in [3.63, 3.8) is 0 Å². The Bertz CT molecular complexity index is 927. The molecule has 0 radical (unpaired) electrons. The average molecular weight is 417 g/mol. The molecule has 0 aliphatic heterocycles. The van der Waals surface area contributed by atoms with Crippen LogP contribution in [0.15, 0.2) is 28.7 Å². The van der Waals surface area contributed by atoms with Crippen LogP contribution >= 0.6 is 15.9 Å². The first-order valence-corrected chi connectivity index (χ1v) is 7.67. The van der Waals surface area contributed by atoms with Gasteiger partial charge < -0.3 is 0 Å². The molecule has 2 rings (SSSR count). The molecule has 26 heavy (non-hydrogen) atoms. The molecule has 2 aromatic rings. The molecule has 0 aliphatic rings. The number of nitrogens with zero attached hydrogens (tertiary/aromatic N) is 4. The van der Waals surface area contributed by atoms with Crippen LogP contribution in [0.1, 0.15) is 16.7 Å². The Labute approximate surface area is 155 Å². The summed E-state index contributed by atoms with van der Waals surface area (Å²) in [7, 11) is 0. The first-order valence-electron chi connectivity index (χ1n) is 6.87. The van der Waals surface area contributed by atoms with Crippen molar-refractivity contribution >= 4 is 38.7 Å². The Balaban J connectivity index is 2.41. The van der Waals surface area contributed by atoms with Gasteiger partial charge in [0.15, 0.2) is 0 Å². The zero-order valence-electron chi connectivity index (χ0n) is 13.1. The third-order valence-electron chi connectivity index (χ3n) is 3.37. The second-order valence-corrected chi connectivity index (χ2v) is 5.88. The maximum absolute atomic E-state index is 10.9. The predicted octanol–water partition coefficient (Wildman–Crippen LogP) is 3.76. The fourth-order valence-electron chi connectivity index (χ4n) is 2.17. The average Bonchev–Trinajstić information content (AvgIpc) is 2.60. The Kier molecular flexibility index (Phi) is 5.35. The number of anilines is 2. The number of nitrogens with one attached hydrogen (secondary N) is 2. The standard InChI is InChI=1S/C15H9BrN6O4/c1-8-2-11(21(23)24)3-9(6-17)14(8)19-20-15-10(7-18)4-12(22(25)26)5-13(15)16/h2-5,19-20H,1H3. The minimum absolute atomic E-state index is 0.00310. The van der Waals surface area contributed by atoms with Crippen molar-refractivity contribution < 1.29 is 9.85 Å². The van der Waals surface area contributed by atoms with Gasteiger partial charge in [0.05, 0.1) is 36.8 Å². The molecule has 2 aromatic carbocycles. The topological polar surface area (TPSA) is 158 Å². The third kappa shape index (κ3) is 3.68. The fourth-order valence-corrected chi connectivity index (χ4v) is 2.71. The number of halogens is 1. The summed E-state index contributed by atoms with van der Waals surface area (Å²) in [4.78, 5) is 20.5. The normalized spacial score (nSPS) is 9.69. The molecule has 0 unspecified atom stereocenters. The summed E-state index contributed by atoms with van der Waals surface area (Å²) in [5, 5.41) is 40.2. The lowest BCUT2D eigenvalue weighted by Crippen LogP contribution is -2.13. The summed E-state index contributed by atoms with van der Waals surface area (Å²) in [5.74, 6) is 0. The summed E-state index contributed by atoms with van der Waals surface area (Å²) in [6.45, 7) is 1.58. The van der Waals surface area contributed by atoms with Crippen molar-refractivity contribution in [2.24, 2.45) is 0 Å². The molecule has 10 nitrogen and oxygen atoms in total. The molecule has 0 saturated carbocycles. The van der Waals surface area contributed by atoms with Crippen LogP contribution in [0.5, 0.6) is 0 Å². The first-order chi connectivity index (χ1) is 12.3. The van der Waals surface area contributed by atoms with Gasteiger partial charge in [0.2, 0.25) is 0 Å². The molecule has 0 heterocycles. The lowest BCUT2D eigenvalue weighted by Gasteiger charge is -2.15. The molecule has 11 heteroatoms. The summed E-state index contributed by atoms with van der Waals surface area (Å²) in [6.07, 6.45) is 0. The van der Waals surface area contributed by atoms with Crippen LogP contribution in [0.25, 0.3) is 0 Å². The maximum Gasteiger partial charge on any atom is 0.272 e.